The van der Waals surface area contributed by atoms with Gasteiger partial charge < -0.3 is 0 Å². The number of hydrogen-bond acceptors (Lipinski definition) is 5. The number of halogens is 1. The van der Waals surface area contributed by atoms with Gasteiger partial charge in [-0.1, -0.05) is 30.7 Å². The lowest BCUT2D eigenvalue weighted by molar-refractivity contribution is -0.144. The molecule has 2 amide bonds. The number of imidazole rings is 1. The van der Waals surface area contributed by atoms with E-state index >= 15 is 0 Å². The van der Waals surface area contributed by atoms with Crippen LogP contribution in [-0.4, -0.2) is 36.3 Å². The average molecular weight is 489 g/mol. The van der Waals surface area contributed by atoms with Gasteiger partial charge in [0.05, 0.1) is 17.4 Å². The summed E-state index contributed by atoms with van der Waals surface area (Å²) >= 11 is 9.19. The van der Waals surface area contributed by atoms with Crippen molar-refractivity contribution < 1.29 is 9.59 Å². The zero-order chi connectivity index (χ0) is 22.5. The van der Waals surface area contributed by atoms with Crippen LogP contribution in [0, 0.1) is 5.92 Å². The van der Waals surface area contributed by atoms with Crippen molar-refractivity contribution in [1.82, 2.24) is 19.8 Å². The number of aromatic nitrogens is 2. The maximum Gasteiger partial charge on any atom is 0.255 e. The van der Waals surface area contributed by atoms with Gasteiger partial charge in [0.25, 0.3) is 5.91 Å². The van der Waals surface area contributed by atoms with Gasteiger partial charge in [-0.2, -0.15) is 0 Å². The number of carbonyl (C=O) groups excluding carboxylic acids is 2. The van der Waals surface area contributed by atoms with Gasteiger partial charge in [-0.15, -0.1) is 23.1 Å². The second kappa shape index (κ2) is 8.39. The van der Waals surface area contributed by atoms with Crippen molar-refractivity contribution in [1.29, 1.82) is 0 Å². The molecule has 5 rings (SSSR count). The van der Waals surface area contributed by atoms with Crippen LogP contribution in [-0.2, 0) is 16.0 Å². The topological polar surface area (TPSA) is 66.7 Å². The van der Waals surface area contributed by atoms with Gasteiger partial charge in [0.15, 0.2) is 4.96 Å². The van der Waals surface area contributed by atoms with Gasteiger partial charge in [0, 0.05) is 27.9 Å². The number of rotatable bonds is 4. The lowest BCUT2D eigenvalue weighted by Crippen LogP contribution is -2.56. The number of amides is 2. The first kappa shape index (κ1) is 21.8. The minimum absolute atomic E-state index is 0.000948. The Kier molecular flexibility index (Phi) is 5.72. The summed E-state index contributed by atoms with van der Waals surface area (Å²) in [5, 5.41) is 4.15. The van der Waals surface area contributed by atoms with E-state index in [0.717, 1.165) is 47.6 Å². The number of hydrazine groups is 1. The molecule has 0 bridgehead atoms. The molecule has 1 unspecified atom stereocenters. The normalized spacial score (nSPS) is 25.7. The maximum atomic E-state index is 13.0. The number of thioether (sulfide) groups is 1. The van der Waals surface area contributed by atoms with Gasteiger partial charge >= 0.3 is 0 Å². The van der Waals surface area contributed by atoms with E-state index in [-0.39, 0.29) is 28.4 Å². The van der Waals surface area contributed by atoms with Crippen LogP contribution in [0.25, 0.3) is 16.2 Å². The Morgan fingerprint density at radius 1 is 1.25 bits per heavy atom. The van der Waals surface area contributed by atoms with Crippen LogP contribution in [0.4, 0.5) is 0 Å². The molecule has 3 heterocycles. The number of nitrogens with zero attached hydrogens (tertiary/aromatic N) is 3. The third-order valence-electron chi connectivity index (χ3n) is 6.43. The van der Waals surface area contributed by atoms with E-state index in [0.29, 0.717) is 10.9 Å². The Balaban J connectivity index is 1.33. The molecular formula is C23H25ClN4O2S2. The molecular weight excluding hydrogens is 464 g/mol. The van der Waals surface area contributed by atoms with Crippen molar-refractivity contribution in [3.05, 3.63) is 46.6 Å². The van der Waals surface area contributed by atoms with E-state index in [1.54, 1.807) is 16.8 Å². The first-order valence-corrected chi connectivity index (χ1v) is 13.0. The minimum Gasteiger partial charge on any atom is -0.294 e. The minimum atomic E-state index is -0.306. The molecule has 32 heavy (non-hydrogen) atoms. The first-order chi connectivity index (χ1) is 15.3. The number of fused-ring (bicyclic) bond motifs is 1. The summed E-state index contributed by atoms with van der Waals surface area (Å²) in [5.41, 5.74) is 5.63. The highest BCUT2D eigenvalue weighted by Gasteiger charge is 2.52. The SMILES string of the molecule is CC1CCC2(CC1)SC(C)C(=O)N2NC(=O)Cc1csc2nc(-c3ccc(Cl)cc3)cn12. The van der Waals surface area contributed by atoms with E-state index in [4.69, 9.17) is 11.6 Å². The molecule has 0 radical (unpaired) electrons. The molecule has 1 saturated heterocycles. The summed E-state index contributed by atoms with van der Waals surface area (Å²) in [6, 6.07) is 7.55. The third-order valence-corrected chi connectivity index (χ3v) is 9.15. The lowest BCUT2D eigenvalue weighted by Gasteiger charge is -2.41. The highest BCUT2D eigenvalue weighted by molar-refractivity contribution is 8.02. The molecule has 6 nitrogen and oxygen atoms in total. The Morgan fingerprint density at radius 3 is 2.69 bits per heavy atom. The highest BCUT2D eigenvalue weighted by Crippen LogP contribution is 2.50. The molecule has 1 N–H and O–H groups in total. The third kappa shape index (κ3) is 3.93. The van der Waals surface area contributed by atoms with Crippen LogP contribution < -0.4 is 5.43 Å². The van der Waals surface area contributed by atoms with E-state index in [2.05, 4.69) is 17.3 Å². The van der Waals surface area contributed by atoms with Crippen molar-refractivity contribution in [2.45, 2.75) is 56.1 Å². The molecule has 1 spiro atoms. The summed E-state index contributed by atoms with van der Waals surface area (Å²) in [5.74, 6) is 0.494. The summed E-state index contributed by atoms with van der Waals surface area (Å²) in [4.78, 5) is 31.1. The van der Waals surface area contributed by atoms with E-state index in [1.165, 1.54) is 11.3 Å². The Morgan fingerprint density at radius 2 is 1.97 bits per heavy atom. The fraction of sp³-hybridized carbons (Fsp3) is 0.435. The molecule has 168 valence electrons. The summed E-state index contributed by atoms with van der Waals surface area (Å²) in [6.07, 6.45) is 6.13. The lowest BCUT2D eigenvalue weighted by atomic mass is 9.86. The molecule has 1 aliphatic carbocycles. The molecule has 2 aromatic heterocycles. The van der Waals surface area contributed by atoms with Crippen LogP contribution in [0.1, 0.15) is 45.2 Å². The Hall–Kier alpha value is -2.03. The predicted molar refractivity (Wildman–Crippen MR) is 130 cm³/mol. The van der Waals surface area contributed by atoms with Crippen LogP contribution in [0.5, 0.6) is 0 Å². The van der Waals surface area contributed by atoms with Crippen LogP contribution in [0.3, 0.4) is 0 Å². The predicted octanol–water partition coefficient (Wildman–Crippen LogP) is 5.16. The monoisotopic (exact) mass is 488 g/mol. The fourth-order valence-corrected chi connectivity index (χ4v) is 7.15. The van der Waals surface area contributed by atoms with Crippen molar-refractivity contribution in [2.24, 2.45) is 5.92 Å². The number of benzene rings is 1. The molecule has 1 aromatic carbocycles. The van der Waals surface area contributed by atoms with Gasteiger partial charge in [-0.05, 0) is 50.7 Å². The quantitative estimate of drug-likeness (QED) is 0.550. The van der Waals surface area contributed by atoms with E-state index in [1.807, 2.05) is 47.2 Å². The number of nitrogens with one attached hydrogen (secondary N) is 1. The maximum absolute atomic E-state index is 13.0. The highest BCUT2D eigenvalue weighted by atomic mass is 35.5. The standard InChI is InChI=1S/C23H25ClN4O2S2/c1-14-7-9-23(10-8-14)28(21(30)15(2)32-23)26-20(29)11-18-13-31-22-25-19(12-27(18)22)16-3-5-17(24)6-4-16/h3-6,12-15H,7-11H2,1-2H3,(H,26,29). The molecule has 1 saturated carbocycles. The number of hydrogen-bond donors (Lipinski definition) is 1. The van der Waals surface area contributed by atoms with Crippen LogP contribution in [0.2, 0.25) is 5.02 Å². The van der Waals surface area contributed by atoms with Gasteiger partial charge in [-0.3, -0.25) is 19.4 Å². The number of thiazole rings is 1. The summed E-state index contributed by atoms with van der Waals surface area (Å²) in [7, 11) is 0. The van der Waals surface area contributed by atoms with Crippen molar-refractivity contribution in [2.75, 3.05) is 0 Å². The average Bonchev–Trinajstić information content (AvgIpc) is 3.41. The molecule has 2 aliphatic rings. The largest absolute Gasteiger partial charge is 0.294 e. The molecule has 2 fully saturated rings. The Bertz CT molecular complexity index is 1160. The van der Waals surface area contributed by atoms with Crippen molar-refractivity contribution in [3.63, 3.8) is 0 Å². The van der Waals surface area contributed by atoms with E-state index < -0.39 is 0 Å². The number of carbonyl (C=O) groups is 2. The Labute approximate surface area is 200 Å². The second-order valence-electron chi connectivity index (χ2n) is 8.79. The van der Waals surface area contributed by atoms with Crippen molar-refractivity contribution >= 4 is 51.5 Å². The molecule has 9 heteroatoms. The summed E-state index contributed by atoms with van der Waals surface area (Å²) in [6.45, 7) is 4.19. The molecule has 1 aliphatic heterocycles. The van der Waals surface area contributed by atoms with Gasteiger partial charge in [-0.25, -0.2) is 9.99 Å². The van der Waals surface area contributed by atoms with Crippen LogP contribution >= 0.6 is 34.7 Å². The molecule has 1 atom stereocenters. The van der Waals surface area contributed by atoms with Crippen molar-refractivity contribution in [3.8, 4) is 11.3 Å². The van der Waals surface area contributed by atoms with E-state index in [9.17, 15) is 9.59 Å². The summed E-state index contributed by atoms with van der Waals surface area (Å²) < 4.78 is 1.95. The van der Waals surface area contributed by atoms with Gasteiger partial charge in [0.2, 0.25) is 5.91 Å². The first-order valence-electron chi connectivity index (χ1n) is 10.9. The van der Waals surface area contributed by atoms with Crippen LogP contribution in [0.15, 0.2) is 35.8 Å². The smallest absolute Gasteiger partial charge is 0.255 e. The second-order valence-corrected chi connectivity index (χ2v) is 11.8. The fourth-order valence-electron chi connectivity index (χ4n) is 4.57. The molecule has 3 aromatic rings. The van der Waals surface area contributed by atoms with Gasteiger partial charge in [0.1, 0.15) is 4.87 Å². The zero-order valence-electron chi connectivity index (χ0n) is 18.0. The zero-order valence-corrected chi connectivity index (χ0v) is 20.4.